The van der Waals surface area contributed by atoms with Crippen LogP contribution in [-0.2, 0) is 26.2 Å². The van der Waals surface area contributed by atoms with Gasteiger partial charge in [-0.2, -0.15) is 0 Å². The maximum absolute atomic E-state index is 11.7. The maximum Gasteiger partial charge on any atom is 0.175 e. The van der Waals surface area contributed by atoms with Crippen molar-refractivity contribution >= 4 is 31.3 Å². The second-order valence-corrected chi connectivity index (χ2v) is 9.30. The third-order valence-electron chi connectivity index (χ3n) is 2.65. The molecule has 0 radical (unpaired) electrons. The summed E-state index contributed by atoms with van der Waals surface area (Å²) in [6.07, 6.45) is 2.78. The number of rotatable bonds is 7. The lowest BCUT2D eigenvalue weighted by Crippen LogP contribution is -2.19. The summed E-state index contributed by atoms with van der Waals surface area (Å²) in [7, 11) is -6.31. The van der Waals surface area contributed by atoms with Gasteiger partial charge in [-0.1, -0.05) is 17.7 Å². The smallest absolute Gasteiger partial charge is 0.175 e. The molecule has 1 N–H and O–H groups in total. The molecule has 5 nitrogen and oxygen atoms in total. The predicted octanol–water partition coefficient (Wildman–Crippen LogP) is 1.27. The average molecular weight is 340 g/mol. The number of nitrogens with one attached hydrogen (secondary N) is 1. The first-order chi connectivity index (χ1) is 9.11. The normalized spacial score (nSPS) is 12.6. The standard InChI is InChI=1S/C12H18ClNO4S2/c1-19(15,16)8-4-7-14-9-10-11(13)5-3-6-12(10)20(2,17)18/h3,5-6,14H,4,7-9H2,1-2H3. The SMILES string of the molecule is CS(=O)(=O)CCCNCc1c(Cl)cccc1S(C)(=O)=O. The lowest BCUT2D eigenvalue weighted by molar-refractivity contribution is 0.593. The highest BCUT2D eigenvalue weighted by Crippen LogP contribution is 2.23. The van der Waals surface area contributed by atoms with Gasteiger partial charge in [-0.3, -0.25) is 0 Å². The van der Waals surface area contributed by atoms with Crippen molar-refractivity contribution in [1.29, 1.82) is 0 Å². The number of hydrogen-bond donors (Lipinski definition) is 1. The zero-order valence-electron chi connectivity index (χ0n) is 11.4. The van der Waals surface area contributed by atoms with Gasteiger partial charge in [-0.25, -0.2) is 16.8 Å². The van der Waals surface area contributed by atoms with Gasteiger partial charge in [0.25, 0.3) is 0 Å². The van der Waals surface area contributed by atoms with Crippen LogP contribution in [0.4, 0.5) is 0 Å². The molecule has 0 spiro atoms. The third-order valence-corrected chi connectivity index (χ3v) is 5.21. The van der Waals surface area contributed by atoms with Crippen LogP contribution in [0, 0.1) is 0 Å². The molecule has 0 saturated heterocycles. The van der Waals surface area contributed by atoms with Crippen LogP contribution in [0.2, 0.25) is 5.02 Å². The Kier molecular flexibility index (Phi) is 6.00. The molecule has 1 aromatic carbocycles. The van der Waals surface area contributed by atoms with E-state index < -0.39 is 19.7 Å². The highest BCUT2D eigenvalue weighted by Gasteiger charge is 2.15. The van der Waals surface area contributed by atoms with Gasteiger partial charge < -0.3 is 5.32 Å². The zero-order chi connectivity index (χ0) is 15.4. The number of halogens is 1. The molecule has 0 bridgehead atoms. The van der Waals surface area contributed by atoms with Crippen molar-refractivity contribution in [3.8, 4) is 0 Å². The predicted molar refractivity (Wildman–Crippen MR) is 80.6 cm³/mol. The van der Waals surface area contributed by atoms with Crippen LogP contribution in [0.25, 0.3) is 0 Å². The molecule has 0 heterocycles. The summed E-state index contributed by atoms with van der Waals surface area (Å²) in [6, 6.07) is 4.73. The van der Waals surface area contributed by atoms with E-state index in [9.17, 15) is 16.8 Å². The molecule has 0 amide bonds. The summed E-state index contributed by atoms with van der Waals surface area (Å²) >= 11 is 6.02. The Bertz CT molecular complexity index is 669. The maximum atomic E-state index is 11.7. The zero-order valence-corrected chi connectivity index (χ0v) is 13.8. The molecule has 0 aliphatic rings. The van der Waals surface area contributed by atoms with Gasteiger partial charge in [0.05, 0.1) is 10.6 Å². The van der Waals surface area contributed by atoms with Crippen molar-refractivity contribution in [2.45, 2.75) is 17.9 Å². The molecule has 0 saturated carbocycles. The molecule has 0 aliphatic heterocycles. The molecule has 0 atom stereocenters. The minimum absolute atomic E-state index is 0.0987. The van der Waals surface area contributed by atoms with E-state index in [1.54, 1.807) is 12.1 Å². The minimum atomic E-state index is -3.34. The fraction of sp³-hybridized carbons (Fsp3) is 0.500. The summed E-state index contributed by atoms with van der Waals surface area (Å²) in [6.45, 7) is 0.757. The quantitative estimate of drug-likeness (QED) is 0.757. The Labute approximate surface area is 125 Å². The Hall–Kier alpha value is -0.630. The monoisotopic (exact) mass is 339 g/mol. The van der Waals surface area contributed by atoms with Gasteiger partial charge in [-0.05, 0) is 25.1 Å². The Morgan fingerprint density at radius 2 is 1.80 bits per heavy atom. The van der Waals surface area contributed by atoms with Crippen LogP contribution < -0.4 is 5.32 Å². The van der Waals surface area contributed by atoms with Crippen molar-refractivity contribution in [1.82, 2.24) is 5.32 Å². The van der Waals surface area contributed by atoms with Crippen LogP contribution in [-0.4, -0.2) is 41.6 Å². The lowest BCUT2D eigenvalue weighted by atomic mass is 10.2. The lowest BCUT2D eigenvalue weighted by Gasteiger charge is -2.11. The van der Waals surface area contributed by atoms with Crippen molar-refractivity contribution in [3.05, 3.63) is 28.8 Å². The summed E-state index contributed by atoms with van der Waals surface area (Å²) < 4.78 is 45.3. The molecule has 0 aliphatic carbocycles. The third kappa shape index (κ3) is 5.78. The van der Waals surface area contributed by atoms with Crippen LogP contribution in [0.5, 0.6) is 0 Å². The van der Waals surface area contributed by atoms with Crippen molar-refractivity contribution < 1.29 is 16.8 Å². The van der Waals surface area contributed by atoms with Crippen LogP contribution in [0.15, 0.2) is 23.1 Å². The Balaban J connectivity index is 2.69. The number of benzene rings is 1. The molecule has 8 heteroatoms. The second-order valence-electron chi connectivity index (χ2n) is 4.65. The minimum Gasteiger partial charge on any atom is -0.313 e. The van der Waals surface area contributed by atoms with Crippen LogP contribution >= 0.6 is 11.6 Å². The van der Waals surface area contributed by atoms with Gasteiger partial charge in [-0.15, -0.1) is 0 Å². The van der Waals surface area contributed by atoms with E-state index in [0.717, 1.165) is 6.26 Å². The van der Waals surface area contributed by atoms with Gasteiger partial charge in [0.2, 0.25) is 0 Å². The van der Waals surface area contributed by atoms with Crippen LogP contribution in [0.3, 0.4) is 0 Å². The van der Waals surface area contributed by atoms with Crippen LogP contribution in [0.1, 0.15) is 12.0 Å². The summed E-state index contributed by atoms with van der Waals surface area (Å²) in [5, 5.41) is 3.39. The Morgan fingerprint density at radius 3 is 2.35 bits per heavy atom. The first-order valence-electron chi connectivity index (χ1n) is 5.97. The molecule has 20 heavy (non-hydrogen) atoms. The van der Waals surface area contributed by atoms with E-state index in [0.29, 0.717) is 23.6 Å². The first-order valence-corrected chi connectivity index (χ1v) is 10.3. The number of hydrogen-bond acceptors (Lipinski definition) is 5. The fourth-order valence-electron chi connectivity index (χ4n) is 1.73. The van der Waals surface area contributed by atoms with Gasteiger partial charge in [0.15, 0.2) is 9.84 Å². The first kappa shape index (κ1) is 17.4. The summed E-state index contributed by atoms with van der Waals surface area (Å²) in [5.41, 5.74) is 0.510. The van der Waals surface area contributed by atoms with Gasteiger partial charge in [0.1, 0.15) is 9.84 Å². The molecule has 1 aromatic rings. The average Bonchev–Trinajstić information content (AvgIpc) is 2.27. The molecule has 0 aromatic heterocycles. The summed E-state index contributed by atoms with van der Waals surface area (Å²) in [5.74, 6) is 0.0987. The molecule has 0 unspecified atom stereocenters. The molecular weight excluding hydrogens is 322 g/mol. The molecule has 0 fully saturated rings. The van der Waals surface area contributed by atoms with Crippen molar-refractivity contribution in [3.63, 3.8) is 0 Å². The van der Waals surface area contributed by atoms with Gasteiger partial charge in [0, 0.05) is 29.6 Å². The topological polar surface area (TPSA) is 80.3 Å². The van der Waals surface area contributed by atoms with Crippen molar-refractivity contribution in [2.75, 3.05) is 24.8 Å². The van der Waals surface area contributed by atoms with E-state index in [1.807, 2.05) is 0 Å². The Morgan fingerprint density at radius 1 is 1.15 bits per heavy atom. The van der Waals surface area contributed by atoms with E-state index in [4.69, 9.17) is 11.6 Å². The van der Waals surface area contributed by atoms with E-state index in [-0.39, 0.29) is 17.2 Å². The van der Waals surface area contributed by atoms with E-state index in [1.165, 1.54) is 12.3 Å². The summed E-state index contributed by atoms with van der Waals surface area (Å²) in [4.78, 5) is 0.195. The van der Waals surface area contributed by atoms with E-state index in [2.05, 4.69) is 5.32 Å². The molecule has 114 valence electrons. The second kappa shape index (κ2) is 6.89. The molecular formula is C12H18ClNO4S2. The number of sulfone groups is 2. The van der Waals surface area contributed by atoms with Crippen molar-refractivity contribution in [2.24, 2.45) is 0 Å². The highest BCUT2D eigenvalue weighted by molar-refractivity contribution is 7.91. The molecule has 1 rings (SSSR count). The fourth-order valence-corrected chi connectivity index (χ4v) is 3.65. The highest BCUT2D eigenvalue weighted by atomic mass is 35.5. The largest absolute Gasteiger partial charge is 0.313 e. The van der Waals surface area contributed by atoms with E-state index >= 15 is 0 Å². The van der Waals surface area contributed by atoms with Gasteiger partial charge >= 0.3 is 0 Å².